The fourth-order valence-electron chi connectivity index (χ4n) is 2.25. The van der Waals surface area contributed by atoms with Gasteiger partial charge in [-0.05, 0) is 18.8 Å². The van der Waals surface area contributed by atoms with E-state index in [1.54, 1.807) is 0 Å². The summed E-state index contributed by atoms with van der Waals surface area (Å²) in [6.45, 7) is 4.77. The first-order valence-corrected chi connectivity index (χ1v) is 7.26. The average Bonchev–Trinajstić information content (AvgIpc) is 3.22. The first-order chi connectivity index (χ1) is 10.1. The van der Waals surface area contributed by atoms with Crippen LogP contribution in [0.5, 0.6) is 0 Å². The third-order valence-electron chi connectivity index (χ3n) is 3.64. The molecule has 1 fully saturated rings. The molecule has 2 unspecified atom stereocenters. The zero-order chi connectivity index (χ0) is 15.4. The molecule has 0 radical (unpaired) electrons. The van der Waals surface area contributed by atoms with Crippen LogP contribution in [0.2, 0.25) is 0 Å². The Bertz CT molecular complexity index is 547. The molecule has 0 saturated heterocycles. The summed E-state index contributed by atoms with van der Waals surface area (Å²) in [7, 11) is 0. The third-order valence-corrected chi connectivity index (χ3v) is 3.64. The maximum atomic E-state index is 12.2. The van der Waals surface area contributed by atoms with E-state index in [0.717, 1.165) is 25.5 Å². The molecule has 1 aliphatic rings. The lowest BCUT2D eigenvalue weighted by Crippen LogP contribution is -2.27. The van der Waals surface area contributed by atoms with E-state index in [4.69, 9.17) is 0 Å². The number of pyridine rings is 1. The molecule has 0 aromatic carbocycles. The Balaban J connectivity index is 2.17. The fraction of sp³-hybridized carbons (Fsp3) is 0.571. The van der Waals surface area contributed by atoms with Gasteiger partial charge in [0.05, 0.1) is 4.92 Å². The molecule has 114 valence electrons. The van der Waals surface area contributed by atoms with Crippen LogP contribution in [-0.2, 0) is 0 Å². The lowest BCUT2D eigenvalue weighted by atomic mass is 10.2. The summed E-state index contributed by atoms with van der Waals surface area (Å²) in [5.74, 6) is 0.576. The van der Waals surface area contributed by atoms with Crippen molar-refractivity contribution in [2.45, 2.75) is 39.2 Å². The topological polar surface area (TPSA) is 97.2 Å². The van der Waals surface area contributed by atoms with Crippen LogP contribution < -0.4 is 10.6 Å². The summed E-state index contributed by atoms with van der Waals surface area (Å²) >= 11 is 0. The van der Waals surface area contributed by atoms with E-state index in [-0.39, 0.29) is 17.3 Å². The first kappa shape index (κ1) is 15.2. The average molecular weight is 292 g/mol. The predicted molar refractivity (Wildman–Crippen MR) is 79.3 cm³/mol. The standard InChI is InChI=1S/C14H20N4O3/c1-3-5-15-13-7-10(12(8-16-13)18(20)21)14(19)17-11-6-9(11)4-2/h7-9,11H,3-6H2,1-2H3,(H,15,16)(H,17,19). The lowest BCUT2D eigenvalue weighted by molar-refractivity contribution is -0.385. The molecule has 1 heterocycles. The first-order valence-electron chi connectivity index (χ1n) is 7.26. The number of hydrogen-bond acceptors (Lipinski definition) is 5. The molecule has 2 N–H and O–H groups in total. The van der Waals surface area contributed by atoms with Crippen LogP contribution in [0.3, 0.4) is 0 Å². The quantitative estimate of drug-likeness (QED) is 0.594. The number of aromatic nitrogens is 1. The SMILES string of the molecule is CCCNc1cc(C(=O)NC2CC2CC)c([N+](=O)[O-])cn1. The minimum absolute atomic E-state index is 0.0651. The highest BCUT2D eigenvalue weighted by atomic mass is 16.6. The fourth-order valence-corrected chi connectivity index (χ4v) is 2.25. The van der Waals surface area contributed by atoms with Gasteiger partial charge in [-0.25, -0.2) is 4.98 Å². The molecule has 0 aliphatic heterocycles. The molecule has 1 aliphatic carbocycles. The van der Waals surface area contributed by atoms with Crippen LogP contribution in [0, 0.1) is 16.0 Å². The molecule has 2 rings (SSSR count). The van der Waals surface area contributed by atoms with Gasteiger partial charge in [-0.3, -0.25) is 14.9 Å². The highest BCUT2D eigenvalue weighted by molar-refractivity contribution is 5.99. The molecular formula is C14H20N4O3. The normalized spacial score (nSPS) is 19.9. The Morgan fingerprint density at radius 3 is 2.86 bits per heavy atom. The van der Waals surface area contributed by atoms with E-state index < -0.39 is 10.8 Å². The molecule has 2 atom stereocenters. The number of nitrogens with one attached hydrogen (secondary N) is 2. The summed E-state index contributed by atoms with van der Waals surface area (Å²) in [5.41, 5.74) is -0.196. The van der Waals surface area contributed by atoms with Crippen LogP contribution in [0.25, 0.3) is 0 Å². The second-order valence-electron chi connectivity index (χ2n) is 5.25. The highest BCUT2D eigenvalue weighted by Crippen LogP contribution is 2.33. The van der Waals surface area contributed by atoms with E-state index >= 15 is 0 Å². The number of carbonyl (C=O) groups is 1. The molecule has 1 aromatic rings. The number of nitro groups is 1. The molecule has 7 heteroatoms. The minimum atomic E-state index is -0.574. The van der Waals surface area contributed by atoms with Crippen molar-refractivity contribution in [2.75, 3.05) is 11.9 Å². The van der Waals surface area contributed by atoms with E-state index in [2.05, 4.69) is 22.5 Å². The van der Waals surface area contributed by atoms with Gasteiger partial charge in [0.2, 0.25) is 0 Å². The van der Waals surface area contributed by atoms with Gasteiger partial charge in [-0.15, -0.1) is 0 Å². The van der Waals surface area contributed by atoms with Crippen molar-refractivity contribution in [3.8, 4) is 0 Å². The Hall–Kier alpha value is -2.18. The van der Waals surface area contributed by atoms with Crippen LogP contribution in [0.1, 0.15) is 43.5 Å². The van der Waals surface area contributed by atoms with Crippen LogP contribution in [0.15, 0.2) is 12.3 Å². The van der Waals surface area contributed by atoms with E-state index in [0.29, 0.717) is 18.3 Å². The smallest absolute Gasteiger partial charge is 0.300 e. The summed E-state index contributed by atoms with van der Waals surface area (Å²) < 4.78 is 0. The highest BCUT2D eigenvalue weighted by Gasteiger charge is 2.37. The van der Waals surface area contributed by atoms with Crippen molar-refractivity contribution >= 4 is 17.4 Å². The molecular weight excluding hydrogens is 272 g/mol. The summed E-state index contributed by atoms with van der Waals surface area (Å²) in [5, 5.41) is 16.9. The molecule has 1 saturated carbocycles. The number of amides is 1. The summed E-state index contributed by atoms with van der Waals surface area (Å²) in [4.78, 5) is 26.7. The van der Waals surface area contributed by atoms with Crippen molar-refractivity contribution in [3.05, 3.63) is 27.9 Å². The number of rotatable bonds is 7. The van der Waals surface area contributed by atoms with Gasteiger partial charge in [-0.2, -0.15) is 0 Å². The molecule has 7 nitrogen and oxygen atoms in total. The van der Waals surface area contributed by atoms with Crippen LogP contribution in [-0.4, -0.2) is 28.4 Å². The molecule has 0 bridgehead atoms. The van der Waals surface area contributed by atoms with Crippen LogP contribution >= 0.6 is 0 Å². The minimum Gasteiger partial charge on any atom is -0.370 e. The lowest BCUT2D eigenvalue weighted by Gasteiger charge is -2.08. The number of carbonyl (C=O) groups excluding carboxylic acids is 1. The number of nitrogens with zero attached hydrogens (tertiary/aromatic N) is 2. The van der Waals surface area contributed by atoms with Crippen LogP contribution in [0.4, 0.5) is 11.5 Å². The zero-order valence-corrected chi connectivity index (χ0v) is 12.3. The summed E-state index contributed by atoms with van der Waals surface area (Å²) in [6.07, 6.45) is 3.99. The van der Waals surface area contributed by atoms with Gasteiger partial charge in [0.25, 0.3) is 11.6 Å². The van der Waals surface area contributed by atoms with Gasteiger partial charge in [-0.1, -0.05) is 20.3 Å². The monoisotopic (exact) mass is 292 g/mol. The van der Waals surface area contributed by atoms with Gasteiger partial charge in [0.15, 0.2) is 0 Å². The Kier molecular flexibility index (Phi) is 4.72. The predicted octanol–water partition coefficient (Wildman–Crippen LogP) is 2.34. The zero-order valence-electron chi connectivity index (χ0n) is 12.3. The van der Waals surface area contributed by atoms with Gasteiger partial charge >= 0.3 is 0 Å². The summed E-state index contributed by atoms with van der Waals surface area (Å²) in [6, 6.07) is 1.59. The largest absolute Gasteiger partial charge is 0.370 e. The molecule has 1 amide bonds. The number of hydrogen-bond donors (Lipinski definition) is 2. The van der Waals surface area contributed by atoms with Crippen molar-refractivity contribution in [1.82, 2.24) is 10.3 Å². The molecule has 21 heavy (non-hydrogen) atoms. The second-order valence-corrected chi connectivity index (χ2v) is 5.25. The Morgan fingerprint density at radius 1 is 1.52 bits per heavy atom. The van der Waals surface area contributed by atoms with Crippen molar-refractivity contribution < 1.29 is 9.72 Å². The maximum Gasteiger partial charge on any atom is 0.300 e. The second kappa shape index (κ2) is 6.51. The van der Waals surface area contributed by atoms with Crippen molar-refractivity contribution in [2.24, 2.45) is 5.92 Å². The van der Waals surface area contributed by atoms with E-state index in [1.807, 2.05) is 6.92 Å². The Labute approximate surface area is 123 Å². The van der Waals surface area contributed by atoms with E-state index in [1.165, 1.54) is 6.07 Å². The maximum absolute atomic E-state index is 12.2. The van der Waals surface area contributed by atoms with Crippen molar-refractivity contribution in [1.29, 1.82) is 0 Å². The van der Waals surface area contributed by atoms with Crippen molar-refractivity contribution in [3.63, 3.8) is 0 Å². The van der Waals surface area contributed by atoms with Gasteiger partial charge in [0, 0.05) is 18.7 Å². The van der Waals surface area contributed by atoms with Gasteiger partial charge < -0.3 is 10.6 Å². The number of anilines is 1. The molecule has 1 aromatic heterocycles. The Morgan fingerprint density at radius 2 is 2.29 bits per heavy atom. The van der Waals surface area contributed by atoms with Gasteiger partial charge in [0.1, 0.15) is 17.6 Å². The van der Waals surface area contributed by atoms with E-state index in [9.17, 15) is 14.9 Å². The molecule has 0 spiro atoms. The third kappa shape index (κ3) is 3.68.